The van der Waals surface area contributed by atoms with E-state index in [1.54, 1.807) is 18.2 Å². The van der Waals surface area contributed by atoms with Crippen LogP contribution in [0, 0.1) is 17.7 Å². The van der Waals surface area contributed by atoms with Crippen LogP contribution in [0.15, 0.2) is 54.3 Å². The van der Waals surface area contributed by atoms with E-state index in [2.05, 4.69) is 10.5 Å². The molecule has 1 aromatic carbocycles. The fraction of sp³-hybridized carbons (Fsp3) is 0.435. The van der Waals surface area contributed by atoms with E-state index in [4.69, 9.17) is 4.74 Å². The van der Waals surface area contributed by atoms with Crippen LogP contribution in [0.2, 0.25) is 0 Å². The highest BCUT2D eigenvalue weighted by Crippen LogP contribution is 2.32. The van der Waals surface area contributed by atoms with Gasteiger partial charge in [0.15, 0.2) is 0 Å². The number of aliphatic hydroxyl groups is 2. The number of allylic oxidation sites excluding steroid dienone is 1. The van der Waals surface area contributed by atoms with Gasteiger partial charge < -0.3 is 19.7 Å². The highest BCUT2D eigenvalue weighted by Gasteiger charge is 2.33. The molecular formula is C23H27FO6. The zero-order valence-corrected chi connectivity index (χ0v) is 16.9. The first-order valence-electron chi connectivity index (χ1n) is 9.84. The molecule has 1 aliphatic rings. The highest BCUT2D eigenvalue weighted by molar-refractivity contribution is 5.83. The third-order valence-corrected chi connectivity index (χ3v) is 4.91. The summed E-state index contributed by atoms with van der Waals surface area (Å²) in [5.74, 6) is -3.24. The number of Topliss-reactive ketones (excluding diaryl/α,β-unsaturated/α-hetero) is 1. The van der Waals surface area contributed by atoms with Crippen molar-refractivity contribution in [2.45, 2.75) is 37.9 Å². The van der Waals surface area contributed by atoms with Gasteiger partial charge in [-0.3, -0.25) is 4.79 Å². The van der Waals surface area contributed by atoms with Crippen molar-refractivity contribution in [2.24, 2.45) is 11.8 Å². The van der Waals surface area contributed by atoms with E-state index >= 15 is 0 Å². The molecule has 1 saturated carbocycles. The van der Waals surface area contributed by atoms with Crippen LogP contribution in [-0.2, 0) is 14.3 Å². The molecule has 0 aliphatic heterocycles. The number of esters is 1. The second-order valence-electron chi connectivity index (χ2n) is 7.12. The summed E-state index contributed by atoms with van der Waals surface area (Å²) in [6, 6.07) is 5.84. The smallest absolute Gasteiger partial charge is 0.366 e. The number of ether oxygens (including phenoxy) is 2. The minimum Gasteiger partial charge on any atom is -0.493 e. The van der Waals surface area contributed by atoms with Crippen molar-refractivity contribution in [3.8, 4) is 5.75 Å². The lowest BCUT2D eigenvalue weighted by Crippen LogP contribution is -2.38. The molecule has 0 radical (unpaired) electrons. The van der Waals surface area contributed by atoms with E-state index in [1.807, 2.05) is 12.2 Å². The van der Waals surface area contributed by atoms with Crippen molar-refractivity contribution >= 4 is 11.8 Å². The van der Waals surface area contributed by atoms with Crippen LogP contribution in [0.1, 0.15) is 32.1 Å². The van der Waals surface area contributed by atoms with Crippen LogP contribution in [0.4, 0.5) is 4.39 Å². The summed E-state index contributed by atoms with van der Waals surface area (Å²) in [4.78, 5) is 23.3. The Bertz CT molecular complexity index is 805. The molecule has 1 aromatic rings. The molecular weight excluding hydrogens is 391 g/mol. The monoisotopic (exact) mass is 418 g/mol. The third-order valence-electron chi connectivity index (χ3n) is 4.91. The average Bonchev–Trinajstić information content (AvgIpc) is 3.07. The van der Waals surface area contributed by atoms with Gasteiger partial charge in [0, 0.05) is 18.8 Å². The first kappa shape index (κ1) is 23.5. The summed E-state index contributed by atoms with van der Waals surface area (Å²) in [5, 5.41) is 19.0. The average molecular weight is 418 g/mol. The molecule has 0 heterocycles. The summed E-state index contributed by atoms with van der Waals surface area (Å²) in [6.07, 6.45) is 9.13. The van der Waals surface area contributed by atoms with Gasteiger partial charge in [0.25, 0.3) is 5.79 Å². The molecule has 1 fully saturated rings. The van der Waals surface area contributed by atoms with Crippen LogP contribution in [0.5, 0.6) is 5.75 Å². The number of carbonyl (C=O) groups is 2. The van der Waals surface area contributed by atoms with Gasteiger partial charge in [-0.15, -0.1) is 5.73 Å². The predicted octanol–water partition coefficient (Wildman–Crippen LogP) is 3.09. The van der Waals surface area contributed by atoms with Crippen LogP contribution < -0.4 is 4.74 Å². The van der Waals surface area contributed by atoms with E-state index in [1.165, 1.54) is 18.2 Å². The topological polar surface area (TPSA) is 93.1 Å². The van der Waals surface area contributed by atoms with Crippen molar-refractivity contribution < 1.29 is 33.7 Å². The zero-order valence-electron chi connectivity index (χ0n) is 16.9. The maximum atomic E-state index is 12.9. The number of hydrogen-bond acceptors (Lipinski definition) is 6. The van der Waals surface area contributed by atoms with Crippen molar-refractivity contribution in [1.29, 1.82) is 0 Å². The second kappa shape index (κ2) is 11.5. The predicted molar refractivity (Wildman–Crippen MR) is 108 cm³/mol. The van der Waals surface area contributed by atoms with Crippen molar-refractivity contribution in [3.63, 3.8) is 0 Å². The van der Waals surface area contributed by atoms with Gasteiger partial charge >= 0.3 is 5.97 Å². The summed E-state index contributed by atoms with van der Waals surface area (Å²) >= 11 is 0. The number of halogens is 1. The lowest BCUT2D eigenvalue weighted by atomic mass is 9.91. The highest BCUT2D eigenvalue weighted by atomic mass is 19.1. The van der Waals surface area contributed by atoms with E-state index in [0.29, 0.717) is 31.6 Å². The maximum absolute atomic E-state index is 12.9. The van der Waals surface area contributed by atoms with Crippen molar-refractivity contribution in [2.75, 3.05) is 13.7 Å². The normalized spacial score (nSPS) is 18.9. The van der Waals surface area contributed by atoms with Crippen LogP contribution in [0.25, 0.3) is 0 Å². The van der Waals surface area contributed by atoms with E-state index in [-0.39, 0.29) is 29.9 Å². The fourth-order valence-corrected chi connectivity index (χ4v) is 3.24. The largest absolute Gasteiger partial charge is 0.493 e. The van der Waals surface area contributed by atoms with Crippen LogP contribution in [0.3, 0.4) is 0 Å². The molecule has 2 N–H and O–H groups in total. The molecule has 7 heteroatoms. The molecule has 0 unspecified atom stereocenters. The number of ketones is 1. The molecule has 2 rings (SSSR count). The van der Waals surface area contributed by atoms with Crippen LogP contribution in [-0.4, -0.2) is 41.5 Å². The van der Waals surface area contributed by atoms with Gasteiger partial charge in [-0.05, 0) is 61.6 Å². The van der Waals surface area contributed by atoms with Gasteiger partial charge in [0.1, 0.15) is 17.3 Å². The van der Waals surface area contributed by atoms with E-state index in [9.17, 15) is 24.2 Å². The Morgan fingerprint density at radius 3 is 2.73 bits per heavy atom. The Hall–Kier alpha value is -2.73. The van der Waals surface area contributed by atoms with E-state index < -0.39 is 11.8 Å². The number of hydrogen-bond donors (Lipinski definition) is 2. The fourth-order valence-electron chi connectivity index (χ4n) is 3.24. The summed E-state index contributed by atoms with van der Waals surface area (Å²) < 4.78 is 22.7. The van der Waals surface area contributed by atoms with Gasteiger partial charge in [0.05, 0.1) is 13.7 Å². The van der Waals surface area contributed by atoms with Gasteiger partial charge in [-0.25, -0.2) is 9.18 Å². The first-order valence-corrected chi connectivity index (χ1v) is 9.84. The van der Waals surface area contributed by atoms with Crippen molar-refractivity contribution in [3.05, 3.63) is 60.1 Å². The SMILES string of the molecule is COC(=O)C(O)(O)CC=C=CC[C@H]1C(=O)CC[C@@H]1/C=C/CCOc1ccc(F)cc1. The summed E-state index contributed by atoms with van der Waals surface area (Å²) in [5.41, 5.74) is 2.79. The molecule has 0 aromatic heterocycles. The second-order valence-corrected chi connectivity index (χ2v) is 7.12. The molecule has 30 heavy (non-hydrogen) atoms. The number of methoxy groups -OCH3 is 1. The number of carbonyl (C=O) groups excluding carboxylic acids is 2. The molecule has 0 amide bonds. The molecule has 0 spiro atoms. The van der Waals surface area contributed by atoms with Crippen LogP contribution >= 0.6 is 0 Å². The zero-order chi connectivity index (χ0) is 22.0. The Morgan fingerprint density at radius 1 is 1.30 bits per heavy atom. The standard InChI is InChI=1S/C23H27FO6/c1-29-22(26)23(27,28)15-5-2-3-8-20-17(9-14-21(20)25)7-4-6-16-30-19-12-10-18(24)11-13-19/h3-5,7,10-13,17,20,27-28H,6,8-9,14-16H2,1H3/b7-4+/t2?,17-,20+/m0/s1. The Kier molecular flexibility index (Phi) is 8.99. The Morgan fingerprint density at radius 2 is 2.03 bits per heavy atom. The Balaban J connectivity index is 1.79. The summed E-state index contributed by atoms with van der Waals surface area (Å²) in [6.45, 7) is 0.459. The molecule has 0 bridgehead atoms. The quantitative estimate of drug-likeness (QED) is 0.199. The number of rotatable bonds is 10. The lowest BCUT2D eigenvalue weighted by molar-refractivity contribution is -0.205. The lowest BCUT2D eigenvalue weighted by Gasteiger charge is -2.15. The van der Waals surface area contributed by atoms with Crippen molar-refractivity contribution in [1.82, 2.24) is 0 Å². The maximum Gasteiger partial charge on any atom is 0.366 e. The molecule has 162 valence electrons. The molecule has 0 saturated heterocycles. The molecule has 1 aliphatic carbocycles. The third kappa shape index (κ3) is 7.26. The number of benzene rings is 1. The van der Waals surface area contributed by atoms with Gasteiger partial charge in [-0.1, -0.05) is 12.2 Å². The summed E-state index contributed by atoms with van der Waals surface area (Å²) in [7, 11) is 1.07. The van der Waals surface area contributed by atoms with E-state index in [0.717, 1.165) is 13.5 Å². The molecule has 2 atom stereocenters. The van der Waals surface area contributed by atoms with Gasteiger partial charge in [0.2, 0.25) is 0 Å². The minimum absolute atomic E-state index is 0.131. The Labute approximate surface area is 175 Å². The molecule has 6 nitrogen and oxygen atoms in total. The van der Waals surface area contributed by atoms with Gasteiger partial charge in [-0.2, -0.15) is 0 Å². The first-order chi connectivity index (χ1) is 14.3. The minimum atomic E-state index is -2.58.